The second kappa shape index (κ2) is 8.41. The molecule has 1 amide bonds. The molecule has 1 aliphatic carbocycles. The van der Waals surface area contributed by atoms with Crippen LogP contribution in [0.5, 0.6) is 0 Å². The first kappa shape index (κ1) is 17.8. The van der Waals surface area contributed by atoms with Gasteiger partial charge >= 0.3 is 0 Å². The minimum Gasteiger partial charge on any atom is -0.352 e. The van der Waals surface area contributed by atoms with E-state index in [4.69, 9.17) is 4.98 Å². The van der Waals surface area contributed by atoms with Crippen molar-refractivity contribution in [2.75, 3.05) is 26.2 Å². The molecule has 1 unspecified atom stereocenters. The number of nitrogens with one attached hydrogen (secondary N) is 1. The van der Waals surface area contributed by atoms with Gasteiger partial charge in [0, 0.05) is 44.1 Å². The Morgan fingerprint density at radius 2 is 2.12 bits per heavy atom. The Balaban J connectivity index is 1.41. The van der Waals surface area contributed by atoms with Crippen LogP contribution in [0.25, 0.3) is 0 Å². The molecule has 3 rings (SSSR count). The van der Waals surface area contributed by atoms with E-state index in [1.807, 2.05) is 6.92 Å². The number of unbranched alkanes of at least 4 members (excludes halogenated alkanes) is 1. The average molecular weight is 351 g/mol. The van der Waals surface area contributed by atoms with Gasteiger partial charge in [-0.25, -0.2) is 4.98 Å². The predicted octanol–water partition coefficient (Wildman–Crippen LogP) is 2.27. The zero-order valence-electron chi connectivity index (χ0n) is 15.0. The van der Waals surface area contributed by atoms with E-state index in [2.05, 4.69) is 27.4 Å². The summed E-state index contributed by atoms with van der Waals surface area (Å²) in [6.07, 6.45) is 5.87. The van der Waals surface area contributed by atoms with Gasteiger partial charge in [-0.3, -0.25) is 14.6 Å². The van der Waals surface area contributed by atoms with Crippen LogP contribution in [0.15, 0.2) is 5.38 Å². The lowest BCUT2D eigenvalue weighted by Gasteiger charge is -2.37. The van der Waals surface area contributed by atoms with Gasteiger partial charge in [-0.15, -0.1) is 11.3 Å². The third-order valence-corrected chi connectivity index (χ3v) is 5.94. The van der Waals surface area contributed by atoms with Gasteiger partial charge in [-0.2, -0.15) is 0 Å². The summed E-state index contributed by atoms with van der Waals surface area (Å²) < 4.78 is 0. The van der Waals surface area contributed by atoms with Crippen LogP contribution in [0.2, 0.25) is 0 Å². The molecule has 1 aromatic heterocycles. The largest absolute Gasteiger partial charge is 0.352 e. The molecule has 2 heterocycles. The van der Waals surface area contributed by atoms with Gasteiger partial charge in [0.2, 0.25) is 5.91 Å². The maximum Gasteiger partial charge on any atom is 0.237 e. The molecular formula is C18H30N4OS. The fraction of sp³-hybridized carbons (Fsp3) is 0.778. The number of aromatic nitrogens is 1. The Bertz CT molecular complexity index is 535. The van der Waals surface area contributed by atoms with Crippen LogP contribution in [-0.2, 0) is 17.8 Å². The summed E-state index contributed by atoms with van der Waals surface area (Å²) in [7, 11) is 0. The van der Waals surface area contributed by atoms with Crippen LogP contribution in [0.4, 0.5) is 0 Å². The predicted molar refractivity (Wildman–Crippen MR) is 98.2 cm³/mol. The number of carbonyl (C=O) groups excluding carboxylic acids is 1. The van der Waals surface area contributed by atoms with Crippen LogP contribution >= 0.6 is 11.3 Å². The molecule has 5 nitrogen and oxygen atoms in total. The van der Waals surface area contributed by atoms with Crippen LogP contribution in [0.1, 0.15) is 50.2 Å². The number of hydrogen-bond donors (Lipinski definition) is 1. The highest BCUT2D eigenvalue weighted by atomic mass is 32.1. The summed E-state index contributed by atoms with van der Waals surface area (Å²) in [5.74, 6) is 0.200. The number of hydrogen-bond acceptors (Lipinski definition) is 5. The summed E-state index contributed by atoms with van der Waals surface area (Å²) in [5, 5.41) is 6.60. The van der Waals surface area contributed by atoms with E-state index in [1.54, 1.807) is 11.3 Å². The monoisotopic (exact) mass is 350 g/mol. The molecule has 134 valence electrons. The maximum atomic E-state index is 12.2. The van der Waals surface area contributed by atoms with Crippen molar-refractivity contribution in [3.05, 3.63) is 16.1 Å². The molecule has 0 radical (unpaired) electrons. The summed E-state index contributed by atoms with van der Waals surface area (Å²) in [5.41, 5.74) is 1.21. The van der Waals surface area contributed by atoms with E-state index in [0.717, 1.165) is 52.0 Å². The lowest BCUT2D eigenvalue weighted by atomic mass is 10.2. The van der Waals surface area contributed by atoms with Crippen molar-refractivity contribution in [2.45, 2.75) is 64.6 Å². The minimum absolute atomic E-state index is 0.00679. The van der Waals surface area contributed by atoms with Crippen molar-refractivity contribution in [3.8, 4) is 0 Å². The Labute approximate surface area is 149 Å². The molecule has 24 heavy (non-hydrogen) atoms. The van der Waals surface area contributed by atoms with E-state index in [9.17, 15) is 4.79 Å². The topological polar surface area (TPSA) is 48.5 Å². The van der Waals surface area contributed by atoms with Crippen molar-refractivity contribution >= 4 is 17.2 Å². The number of amides is 1. The first-order valence-electron chi connectivity index (χ1n) is 9.35. The molecule has 2 fully saturated rings. The molecular weight excluding hydrogens is 320 g/mol. The Morgan fingerprint density at radius 3 is 2.79 bits per heavy atom. The van der Waals surface area contributed by atoms with Crippen LogP contribution < -0.4 is 5.32 Å². The van der Waals surface area contributed by atoms with E-state index >= 15 is 0 Å². The lowest BCUT2D eigenvalue weighted by molar-refractivity contribution is -0.126. The lowest BCUT2D eigenvalue weighted by Crippen LogP contribution is -2.53. The normalized spacial score (nSPS) is 20.9. The summed E-state index contributed by atoms with van der Waals surface area (Å²) in [6, 6.07) is 0.445. The highest BCUT2D eigenvalue weighted by molar-refractivity contribution is 7.09. The first-order chi connectivity index (χ1) is 11.7. The van der Waals surface area contributed by atoms with Crippen molar-refractivity contribution in [1.29, 1.82) is 0 Å². The quantitative estimate of drug-likeness (QED) is 0.781. The summed E-state index contributed by atoms with van der Waals surface area (Å²) >= 11 is 1.80. The van der Waals surface area contributed by atoms with Crippen LogP contribution in [-0.4, -0.2) is 59.0 Å². The molecule has 1 saturated heterocycles. The van der Waals surface area contributed by atoms with Gasteiger partial charge in [0.1, 0.15) is 0 Å². The molecule has 0 aromatic carbocycles. The van der Waals surface area contributed by atoms with Gasteiger partial charge in [0.15, 0.2) is 0 Å². The van der Waals surface area contributed by atoms with E-state index in [1.165, 1.54) is 23.5 Å². The number of thiazole rings is 1. The Morgan fingerprint density at radius 1 is 1.38 bits per heavy atom. The van der Waals surface area contributed by atoms with Crippen LogP contribution in [0.3, 0.4) is 0 Å². The summed E-state index contributed by atoms with van der Waals surface area (Å²) in [6.45, 7) is 9.16. The van der Waals surface area contributed by atoms with E-state index < -0.39 is 0 Å². The van der Waals surface area contributed by atoms with Gasteiger partial charge < -0.3 is 5.32 Å². The highest BCUT2D eigenvalue weighted by Crippen LogP contribution is 2.19. The van der Waals surface area contributed by atoms with Gasteiger partial charge in [0.05, 0.1) is 16.7 Å². The molecule has 0 bridgehead atoms. The third kappa shape index (κ3) is 5.01. The fourth-order valence-corrected chi connectivity index (χ4v) is 3.95. The number of piperazine rings is 1. The molecule has 1 atom stereocenters. The summed E-state index contributed by atoms with van der Waals surface area (Å²) in [4.78, 5) is 21.7. The third-order valence-electron chi connectivity index (χ3n) is 4.99. The standard InChI is InChI=1S/C18H30N4OS/c1-3-4-5-17-19-16(13-24-17)12-21-8-10-22(11-9-21)14(2)18(23)20-15-6-7-15/h13-15H,3-12H2,1-2H3,(H,20,23). The van der Waals surface area contributed by atoms with E-state index in [0.29, 0.717) is 6.04 Å². The smallest absolute Gasteiger partial charge is 0.237 e. The molecule has 1 aliphatic heterocycles. The molecule has 1 aromatic rings. The fourth-order valence-electron chi connectivity index (χ4n) is 3.12. The number of aryl methyl sites for hydroxylation is 1. The Hall–Kier alpha value is -0.980. The van der Waals surface area contributed by atoms with Gasteiger partial charge in [-0.1, -0.05) is 13.3 Å². The minimum atomic E-state index is -0.00679. The molecule has 0 spiro atoms. The zero-order chi connectivity index (χ0) is 16.9. The van der Waals surface area contributed by atoms with Crippen molar-refractivity contribution in [1.82, 2.24) is 20.1 Å². The van der Waals surface area contributed by atoms with E-state index in [-0.39, 0.29) is 11.9 Å². The Kier molecular flexibility index (Phi) is 6.25. The zero-order valence-corrected chi connectivity index (χ0v) is 15.8. The molecule has 1 saturated carbocycles. The number of rotatable bonds is 8. The van der Waals surface area contributed by atoms with Crippen molar-refractivity contribution in [2.24, 2.45) is 0 Å². The molecule has 6 heteroatoms. The first-order valence-corrected chi connectivity index (χ1v) is 10.2. The van der Waals surface area contributed by atoms with Crippen LogP contribution in [0, 0.1) is 0 Å². The van der Waals surface area contributed by atoms with Gasteiger partial charge in [-0.05, 0) is 32.6 Å². The SMILES string of the molecule is CCCCc1nc(CN2CCN(C(C)C(=O)NC3CC3)CC2)cs1. The van der Waals surface area contributed by atoms with Crippen molar-refractivity contribution in [3.63, 3.8) is 0 Å². The number of carbonyl (C=O) groups is 1. The average Bonchev–Trinajstić information content (AvgIpc) is 3.30. The highest BCUT2D eigenvalue weighted by Gasteiger charge is 2.30. The van der Waals surface area contributed by atoms with Gasteiger partial charge in [0.25, 0.3) is 0 Å². The maximum absolute atomic E-state index is 12.2. The second-order valence-corrected chi connectivity index (χ2v) is 8.05. The number of nitrogens with zero attached hydrogens (tertiary/aromatic N) is 3. The molecule has 1 N–H and O–H groups in total. The van der Waals surface area contributed by atoms with Crippen molar-refractivity contribution < 1.29 is 4.79 Å². The molecule has 2 aliphatic rings. The second-order valence-electron chi connectivity index (χ2n) is 7.11.